The Morgan fingerprint density at radius 1 is 0.302 bits per heavy atom. The topological polar surface area (TPSA) is 243 Å². The molecule has 0 radical (unpaired) electrons. The number of aromatic hydroxyl groups is 3. The van der Waals surface area contributed by atoms with Crippen LogP contribution in [0.5, 0.6) is 46.0 Å². The molecule has 149 heavy (non-hydrogen) atoms. The molecule has 23 heteroatoms. The van der Waals surface area contributed by atoms with Gasteiger partial charge in [0, 0.05) is 77.2 Å². The van der Waals surface area contributed by atoms with Crippen molar-refractivity contribution in [3.8, 4) is 139 Å². The maximum Gasteiger partial charge on any atom is 0.344 e. The van der Waals surface area contributed by atoms with Gasteiger partial charge in [0.1, 0.15) is 46.0 Å². The standard InChI is InChI=1S/C72H77N3O6SSi3.C54H35N3O6S.2H2/c1-17-77-68(76)48-78-53-32-30-52(31-33-53)69-65-42-41-63(75-65)58(35-28-50-22-19-25-55(46-50)80-84(13,14)71(5,6)7)61-38-37-60(73-61)57(34-27-49-21-18-24-54(45-49)79-83(11,12)70(2,3)4)62-39-40-64(74-62)59(66-43-44-67(69)82-66)36-29-51-23-20-26-56(47-51)81-85(15,16)72(8,9)10;1-2-62-53(61)33-63-41-17-15-37(16-18-41)54-50-27-26-48(57-50)43(20-13-35-7-4-10-39(59)31-35)46-23-22-45(55-46)42(19-12-34-6-3-9-38(58)30-34)47-24-25-49(56-47)44(51-28-29-52(54)64-51)21-14-36-8-5-11-40(60)32-36;;/h18-26,30-33,37-47,75H,17,48H2,1-16H3;3-11,15-18,22-32,57-60H,2,33H2,1H3;2*1H. The lowest BCUT2D eigenvalue weighted by Crippen LogP contribution is -2.43. The van der Waals surface area contributed by atoms with Gasteiger partial charge in [-0.3, -0.25) is 0 Å². The minimum absolute atomic E-state index is 0. The van der Waals surface area contributed by atoms with Crippen molar-refractivity contribution >= 4 is 149 Å². The summed E-state index contributed by atoms with van der Waals surface area (Å²) in [6, 6.07) is 76.2. The van der Waals surface area contributed by atoms with Gasteiger partial charge in [0.2, 0.25) is 25.0 Å². The summed E-state index contributed by atoms with van der Waals surface area (Å²) in [6.45, 7) is 37.3. The van der Waals surface area contributed by atoms with Crippen LogP contribution >= 0.6 is 22.7 Å². The Balaban J connectivity index is 0.000000231. The van der Waals surface area contributed by atoms with E-state index in [0.29, 0.717) is 107 Å². The summed E-state index contributed by atoms with van der Waals surface area (Å²) >= 11 is 3.17. The molecule has 0 amide bonds. The van der Waals surface area contributed by atoms with Gasteiger partial charge in [0.05, 0.1) is 103 Å². The summed E-state index contributed by atoms with van der Waals surface area (Å²) in [4.78, 5) is 52.9. The van der Waals surface area contributed by atoms with Crippen molar-refractivity contribution in [2.24, 2.45) is 0 Å². The summed E-state index contributed by atoms with van der Waals surface area (Å²) in [6.07, 6.45) is 15.6. The number of aromatic amines is 2. The predicted octanol–water partition coefficient (Wildman–Crippen LogP) is 29.2. The first-order valence-corrected chi connectivity index (χ1v) is 59.5. The van der Waals surface area contributed by atoms with Gasteiger partial charge in [-0.05, 0) is 310 Å². The number of carbonyl (C=O) groups is 2. The number of phenolic OH excluding ortho intramolecular Hbond substituents is 3. The maximum absolute atomic E-state index is 12.3. The highest BCUT2D eigenvalue weighted by Crippen LogP contribution is 2.44. The molecular weight excluding hydrogens is 1940 g/mol. The number of esters is 2. The summed E-state index contributed by atoms with van der Waals surface area (Å²) in [5, 5.41) is 30.7. The Hall–Kier alpha value is -16.8. The van der Waals surface area contributed by atoms with Crippen LogP contribution in [-0.2, 0) is 19.1 Å². The zero-order chi connectivity index (χ0) is 105. The van der Waals surface area contributed by atoms with E-state index in [0.717, 1.165) is 97.1 Å². The van der Waals surface area contributed by atoms with Crippen molar-refractivity contribution in [2.75, 3.05) is 26.4 Å². The molecule has 4 aliphatic rings. The minimum Gasteiger partial charge on any atom is -0.543 e. The van der Waals surface area contributed by atoms with Crippen LogP contribution < -0.4 is 22.8 Å². The van der Waals surface area contributed by atoms with Crippen LogP contribution in [0.3, 0.4) is 0 Å². The molecule has 10 heterocycles. The molecule has 0 saturated carbocycles. The second-order valence-corrected chi connectivity index (χ2v) is 56.7. The number of rotatable bonds is 16. The normalized spacial score (nSPS) is 11.9. The molecular formula is C126H116N6O12S2Si3. The van der Waals surface area contributed by atoms with Crippen LogP contribution in [0.1, 0.15) is 191 Å². The highest BCUT2D eigenvalue weighted by molar-refractivity contribution is 7.24. The number of nitrogens with zero attached hydrogens (tertiary/aromatic N) is 4. The first-order valence-electron chi connectivity index (χ1n) is 49.1. The van der Waals surface area contributed by atoms with Crippen molar-refractivity contribution in [3.05, 3.63) is 355 Å². The number of phenols is 3. The molecule has 14 aromatic rings. The number of aromatic nitrogens is 6. The third-order valence-corrected chi connectivity index (χ3v) is 41.8. The number of benzene rings is 8. The van der Waals surface area contributed by atoms with Crippen LogP contribution in [0.4, 0.5) is 0 Å². The highest BCUT2D eigenvalue weighted by Gasteiger charge is 2.41. The van der Waals surface area contributed by atoms with Gasteiger partial charge in [-0.25, -0.2) is 29.5 Å². The monoisotopic (exact) mass is 2050 g/mol. The van der Waals surface area contributed by atoms with E-state index < -0.39 is 36.9 Å². The number of fused-ring (bicyclic) bond motifs is 16. The molecule has 746 valence electrons. The van der Waals surface area contributed by atoms with E-state index >= 15 is 0 Å². The Bertz CT molecular complexity index is 8240. The fourth-order valence-corrected chi connectivity index (χ4v) is 20.8. The van der Waals surface area contributed by atoms with Gasteiger partial charge in [-0.2, -0.15) is 0 Å². The van der Waals surface area contributed by atoms with Crippen molar-refractivity contribution in [1.82, 2.24) is 29.9 Å². The summed E-state index contributed by atoms with van der Waals surface area (Å²) < 4.78 is 45.7. The molecule has 0 spiro atoms. The smallest absolute Gasteiger partial charge is 0.344 e. The van der Waals surface area contributed by atoms with E-state index in [1.165, 1.54) is 0 Å². The lowest BCUT2D eigenvalue weighted by Gasteiger charge is -2.36. The number of carbonyl (C=O) groups excluding carboxylic acids is 2. The number of H-pyrrole nitrogens is 2. The van der Waals surface area contributed by atoms with Crippen molar-refractivity contribution in [3.63, 3.8) is 0 Å². The fraction of sp³-hybridized carbons (Fsp3) is 0.190. The summed E-state index contributed by atoms with van der Waals surface area (Å²) in [5.41, 5.74) is 20.0. The SMILES string of the molecule is CCOC(=O)COc1ccc(-c2c3ccc([nH]3)c(C#Cc3cccc(O)c3)c3nc(c(C#Cc4cccc(O)c4)c4nc(c(C#Cc5cccc(O)c5)c5ccc2s5)C=C4)C=C3)cc1.CCOC(=O)COc1ccc(-c2c3ccc([nH]3)c(C#Cc3cccc(O[Si](C)(C)C(C)(C)C)c3)c3nc(c(C#Cc4cccc(O[Si](C)(C)C(C)(C)C)c4)c4nc(c(C#Cc5cccc(O[Si](C)(C)C(C)(C)C)c5)c5ccc2s5)C=C4)C=C3)cc1.[HH].[HH]. The Morgan fingerprint density at radius 2 is 0.557 bits per heavy atom. The van der Waals surface area contributed by atoms with E-state index in [-0.39, 0.29) is 61.6 Å². The average molecular weight is 2050 g/mol. The van der Waals surface area contributed by atoms with Crippen LogP contribution in [0.15, 0.2) is 243 Å². The van der Waals surface area contributed by atoms with E-state index in [1.807, 2.05) is 212 Å². The number of hydrogen-bond donors (Lipinski definition) is 5. The molecule has 0 fully saturated rings. The summed E-state index contributed by atoms with van der Waals surface area (Å²) in [5.74, 6) is 43.9. The second-order valence-electron chi connectivity index (χ2n) is 40.3. The van der Waals surface area contributed by atoms with Gasteiger partial charge in [-0.15, -0.1) is 22.7 Å². The van der Waals surface area contributed by atoms with E-state index in [4.69, 9.17) is 52.2 Å². The largest absolute Gasteiger partial charge is 0.543 e. The lowest BCUT2D eigenvalue weighted by atomic mass is 10.1. The Labute approximate surface area is 883 Å². The van der Waals surface area contributed by atoms with Crippen molar-refractivity contribution in [1.29, 1.82) is 0 Å². The first-order chi connectivity index (χ1) is 71.3. The number of thiophene rings is 2. The maximum atomic E-state index is 12.3. The lowest BCUT2D eigenvalue weighted by molar-refractivity contribution is -0.146. The van der Waals surface area contributed by atoms with Crippen LogP contribution in [-0.4, -0.2) is 109 Å². The average Bonchev–Trinajstić information content (AvgIpc) is 1.62. The van der Waals surface area contributed by atoms with Gasteiger partial charge in [-0.1, -0.05) is 194 Å². The van der Waals surface area contributed by atoms with Crippen LogP contribution in [0, 0.1) is 71.0 Å². The van der Waals surface area contributed by atoms with Crippen molar-refractivity contribution in [2.45, 2.75) is 131 Å². The molecule has 0 saturated heterocycles. The molecule has 18 rings (SSSR count). The zero-order valence-corrected chi connectivity index (χ0v) is 90.8. The van der Waals surface area contributed by atoms with Gasteiger partial charge < -0.3 is 57.5 Å². The molecule has 0 atom stereocenters. The predicted molar refractivity (Wildman–Crippen MR) is 617 cm³/mol. The van der Waals surface area contributed by atoms with Gasteiger partial charge in [0.15, 0.2) is 13.2 Å². The quantitative estimate of drug-likeness (QED) is 0.0343. The number of nitrogens with one attached hydrogen (secondary N) is 2. The van der Waals surface area contributed by atoms with E-state index in [2.05, 4.69) is 207 Å². The molecule has 16 bridgehead atoms. The van der Waals surface area contributed by atoms with E-state index in [9.17, 15) is 24.9 Å². The molecule has 8 aromatic carbocycles. The molecule has 5 N–H and O–H groups in total. The summed E-state index contributed by atoms with van der Waals surface area (Å²) in [7, 11) is -6.41. The minimum atomic E-state index is -2.14. The Kier molecular flexibility index (Phi) is 30.7. The second kappa shape index (κ2) is 44.2. The van der Waals surface area contributed by atoms with Crippen LogP contribution in [0.25, 0.3) is 112 Å². The van der Waals surface area contributed by atoms with Gasteiger partial charge in [0.25, 0.3) is 0 Å². The fourth-order valence-electron chi connectivity index (χ4n) is 15.5. The molecule has 0 unspecified atom stereocenters. The number of hydrogen-bond acceptors (Lipinski definition) is 18. The third-order valence-electron chi connectivity index (χ3n) is 26.4. The van der Waals surface area contributed by atoms with E-state index in [1.54, 1.807) is 91.1 Å². The molecule has 0 aliphatic carbocycles. The van der Waals surface area contributed by atoms with Crippen LogP contribution in [0.2, 0.25) is 54.4 Å². The molecule has 18 nitrogen and oxygen atoms in total. The molecule has 6 aromatic heterocycles. The Morgan fingerprint density at radius 3 is 0.846 bits per heavy atom. The van der Waals surface area contributed by atoms with Gasteiger partial charge >= 0.3 is 11.9 Å². The highest BCUT2D eigenvalue weighted by atomic mass is 32.1. The third kappa shape index (κ3) is 25.1. The zero-order valence-electron chi connectivity index (χ0n) is 86.2. The molecule has 4 aliphatic heterocycles. The number of ether oxygens (including phenoxy) is 4. The van der Waals surface area contributed by atoms with Crippen molar-refractivity contribution < 1.29 is 60.0 Å². The first kappa shape index (κ1) is 104.